The molecule has 0 spiro atoms. The second-order valence-corrected chi connectivity index (χ2v) is 5.62. The van der Waals surface area contributed by atoms with E-state index in [1.165, 1.54) is 26.3 Å². The SMILES string of the molecule is CNC(=O)/C(=N/OC)c1ccccc1CO/N=C(/c1cccc(O)c1)C(F)(F)F. The van der Waals surface area contributed by atoms with Crippen molar-refractivity contribution in [1.29, 1.82) is 0 Å². The van der Waals surface area contributed by atoms with E-state index in [1.54, 1.807) is 24.3 Å². The van der Waals surface area contributed by atoms with E-state index in [0.29, 0.717) is 11.1 Å². The molecule has 7 nitrogen and oxygen atoms in total. The Labute approximate surface area is 164 Å². The summed E-state index contributed by atoms with van der Waals surface area (Å²) in [5.74, 6) is -0.880. The summed E-state index contributed by atoms with van der Waals surface area (Å²) in [5.41, 5.74) is -1.04. The van der Waals surface area contributed by atoms with Gasteiger partial charge >= 0.3 is 6.18 Å². The van der Waals surface area contributed by atoms with E-state index in [9.17, 15) is 23.1 Å². The molecule has 29 heavy (non-hydrogen) atoms. The highest BCUT2D eigenvalue weighted by Crippen LogP contribution is 2.25. The van der Waals surface area contributed by atoms with Gasteiger partial charge in [-0.2, -0.15) is 13.2 Å². The molecule has 0 saturated heterocycles. The van der Waals surface area contributed by atoms with Crippen molar-refractivity contribution >= 4 is 17.3 Å². The second kappa shape index (κ2) is 9.58. The van der Waals surface area contributed by atoms with Crippen molar-refractivity contribution < 1.29 is 32.7 Å². The maximum Gasteiger partial charge on any atom is 0.437 e. The molecule has 10 heteroatoms. The third kappa shape index (κ3) is 5.71. The minimum atomic E-state index is -4.81. The number of amides is 1. The number of likely N-dealkylation sites (N-methyl/N-ethyl adjacent to an activating group) is 1. The van der Waals surface area contributed by atoms with Crippen LogP contribution in [0.1, 0.15) is 16.7 Å². The normalized spacial score (nSPS) is 12.4. The molecule has 0 aliphatic carbocycles. The minimum Gasteiger partial charge on any atom is -0.508 e. The molecule has 0 aliphatic rings. The molecule has 2 N–H and O–H groups in total. The Kier molecular flexibility index (Phi) is 7.18. The average Bonchev–Trinajstić information content (AvgIpc) is 2.68. The van der Waals surface area contributed by atoms with E-state index in [1.807, 2.05) is 0 Å². The number of hydrogen-bond acceptors (Lipinski definition) is 6. The topological polar surface area (TPSA) is 92.5 Å². The maximum absolute atomic E-state index is 13.3. The molecular weight excluding hydrogens is 391 g/mol. The lowest BCUT2D eigenvalue weighted by molar-refractivity contribution is -0.114. The fourth-order valence-corrected chi connectivity index (χ4v) is 2.39. The van der Waals surface area contributed by atoms with Crippen molar-refractivity contribution in [3.63, 3.8) is 0 Å². The van der Waals surface area contributed by atoms with E-state index >= 15 is 0 Å². The van der Waals surface area contributed by atoms with E-state index < -0.39 is 17.8 Å². The Morgan fingerprint density at radius 2 is 1.86 bits per heavy atom. The standard InChI is InChI=1S/C19H18F3N3O4/c1-23-18(27)16(24-28-2)15-9-4-3-6-13(15)11-29-25-17(19(20,21)22)12-7-5-8-14(26)10-12/h3-10,26H,11H2,1-2H3,(H,23,27)/b24-16+,25-17-. The second-order valence-electron chi connectivity index (χ2n) is 5.62. The summed E-state index contributed by atoms with van der Waals surface area (Å²) in [4.78, 5) is 21.6. The molecule has 0 heterocycles. The first-order chi connectivity index (χ1) is 13.8. The fourth-order valence-electron chi connectivity index (χ4n) is 2.39. The predicted octanol–water partition coefficient (Wildman–Crippen LogP) is 2.97. The number of halogens is 3. The van der Waals surface area contributed by atoms with Gasteiger partial charge in [-0.1, -0.05) is 46.7 Å². The molecule has 0 saturated carbocycles. The summed E-state index contributed by atoms with van der Waals surface area (Å²) < 4.78 is 40.0. The highest BCUT2D eigenvalue weighted by atomic mass is 19.4. The first-order valence-electron chi connectivity index (χ1n) is 8.26. The van der Waals surface area contributed by atoms with Gasteiger partial charge < -0.3 is 20.1 Å². The van der Waals surface area contributed by atoms with Crippen LogP contribution in [0.4, 0.5) is 13.2 Å². The number of nitrogens with one attached hydrogen (secondary N) is 1. The Bertz CT molecular complexity index is 927. The zero-order valence-electron chi connectivity index (χ0n) is 15.5. The van der Waals surface area contributed by atoms with Crippen molar-refractivity contribution in [3.05, 3.63) is 65.2 Å². The van der Waals surface area contributed by atoms with Gasteiger partial charge in [-0.3, -0.25) is 4.79 Å². The van der Waals surface area contributed by atoms with Crippen LogP contribution in [-0.2, 0) is 21.1 Å². The highest BCUT2D eigenvalue weighted by molar-refractivity contribution is 6.45. The van der Waals surface area contributed by atoms with Crippen LogP contribution in [0.5, 0.6) is 5.75 Å². The number of oxime groups is 2. The van der Waals surface area contributed by atoms with Crippen molar-refractivity contribution in [1.82, 2.24) is 5.32 Å². The molecule has 0 unspecified atom stereocenters. The molecular formula is C19H18F3N3O4. The van der Waals surface area contributed by atoms with Crippen LogP contribution in [0.2, 0.25) is 0 Å². The largest absolute Gasteiger partial charge is 0.508 e. The van der Waals surface area contributed by atoms with Gasteiger partial charge in [0.1, 0.15) is 19.5 Å². The number of phenolic OH excluding ortho intramolecular Hbond substituents is 1. The number of hydrogen-bond donors (Lipinski definition) is 2. The Morgan fingerprint density at radius 1 is 1.14 bits per heavy atom. The summed E-state index contributed by atoms with van der Waals surface area (Å²) in [6, 6.07) is 10.9. The van der Waals surface area contributed by atoms with E-state index in [4.69, 9.17) is 4.84 Å². The number of phenols is 1. The summed E-state index contributed by atoms with van der Waals surface area (Å²) in [6.07, 6.45) is -4.81. The van der Waals surface area contributed by atoms with Gasteiger partial charge in [0.15, 0.2) is 11.4 Å². The first-order valence-corrected chi connectivity index (χ1v) is 8.26. The Morgan fingerprint density at radius 3 is 2.48 bits per heavy atom. The van der Waals surface area contributed by atoms with E-state index in [0.717, 1.165) is 12.1 Å². The first kappa shape index (κ1) is 21.7. The van der Waals surface area contributed by atoms with Crippen LogP contribution in [-0.4, -0.2) is 42.8 Å². The highest BCUT2D eigenvalue weighted by Gasteiger charge is 2.38. The summed E-state index contributed by atoms with van der Waals surface area (Å²) in [5, 5.41) is 18.7. The lowest BCUT2D eigenvalue weighted by atomic mass is 10.0. The third-order valence-corrected chi connectivity index (χ3v) is 3.66. The molecule has 0 fully saturated rings. The number of benzene rings is 2. The van der Waals surface area contributed by atoms with Gasteiger partial charge in [0.25, 0.3) is 5.91 Å². The number of carbonyl (C=O) groups excluding carboxylic acids is 1. The number of aromatic hydroxyl groups is 1. The summed E-state index contributed by atoms with van der Waals surface area (Å²) in [7, 11) is 2.67. The quantitative estimate of drug-likeness (QED) is 0.543. The zero-order chi connectivity index (χ0) is 21.4. The molecule has 2 aromatic carbocycles. The van der Waals surface area contributed by atoms with Crippen LogP contribution in [0.25, 0.3) is 0 Å². The molecule has 0 aliphatic heterocycles. The monoisotopic (exact) mass is 409 g/mol. The summed E-state index contributed by atoms with van der Waals surface area (Å²) >= 11 is 0. The van der Waals surface area contributed by atoms with Crippen molar-refractivity contribution in [2.24, 2.45) is 10.3 Å². The number of alkyl halides is 3. The van der Waals surface area contributed by atoms with Crippen LogP contribution < -0.4 is 5.32 Å². The Balaban J connectivity index is 2.33. The predicted molar refractivity (Wildman–Crippen MR) is 99.5 cm³/mol. The molecule has 0 radical (unpaired) electrons. The lowest BCUT2D eigenvalue weighted by Crippen LogP contribution is -2.29. The number of rotatable bonds is 7. The van der Waals surface area contributed by atoms with Gasteiger partial charge in [0, 0.05) is 23.7 Å². The Hall–Kier alpha value is -3.56. The lowest BCUT2D eigenvalue weighted by Gasteiger charge is -2.12. The molecule has 2 aromatic rings. The molecule has 154 valence electrons. The third-order valence-electron chi connectivity index (χ3n) is 3.66. The van der Waals surface area contributed by atoms with Crippen LogP contribution in [0.15, 0.2) is 58.8 Å². The molecule has 0 aromatic heterocycles. The van der Waals surface area contributed by atoms with Gasteiger partial charge in [-0.05, 0) is 12.1 Å². The van der Waals surface area contributed by atoms with Crippen molar-refractivity contribution in [3.8, 4) is 5.75 Å². The minimum absolute atomic E-state index is 0.0674. The van der Waals surface area contributed by atoms with Gasteiger partial charge in [0.2, 0.25) is 0 Å². The van der Waals surface area contributed by atoms with Gasteiger partial charge in [-0.25, -0.2) is 0 Å². The average molecular weight is 409 g/mol. The van der Waals surface area contributed by atoms with Crippen LogP contribution in [0, 0.1) is 0 Å². The van der Waals surface area contributed by atoms with Gasteiger partial charge in [-0.15, -0.1) is 0 Å². The number of nitrogens with zero attached hydrogens (tertiary/aromatic N) is 2. The van der Waals surface area contributed by atoms with Crippen LogP contribution >= 0.6 is 0 Å². The van der Waals surface area contributed by atoms with Gasteiger partial charge in [0.05, 0.1) is 0 Å². The van der Waals surface area contributed by atoms with E-state index in [2.05, 4.69) is 20.5 Å². The smallest absolute Gasteiger partial charge is 0.437 e. The fraction of sp³-hybridized carbons (Fsp3) is 0.211. The molecule has 0 atom stereocenters. The van der Waals surface area contributed by atoms with Crippen molar-refractivity contribution in [2.45, 2.75) is 12.8 Å². The number of carbonyl (C=O) groups is 1. The zero-order valence-corrected chi connectivity index (χ0v) is 15.5. The van der Waals surface area contributed by atoms with E-state index in [-0.39, 0.29) is 23.6 Å². The maximum atomic E-state index is 13.3. The summed E-state index contributed by atoms with van der Waals surface area (Å²) in [6.45, 7) is -0.367. The molecule has 0 bridgehead atoms. The van der Waals surface area contributed by atoms with Crippen LogP contribution in [0.3, 0.4) is 0 Å². The molecule has 1 amide bonds. The molecule has 2 rings (SSSR count). The van der Waals surface area contributed by atoms with Crippen molar-refractivity contribution in [2.75, 3.05) is 14.2 Å².